The summed E-state index contributed by atoms with van der Waals surface area (Å²) in [6.07, 6.45) is 3.76. The normalized spacial score (nSPS) is 9.44. The number of aromatic nitrogens is 1. The summed E-state index contributed by atoms with van der Waals surface area (Å²) >= 11 is 3.33. The number of rotatable bonds is 2. The second-order valence-corrected chi connectivity index (χ2v) is 2.49. The molecule has 0 unspecified atom stereocenters. The molecule has 0 bridgehead atoms. The van der Waals surface area contributed by atoms with Gasteiger partial charge in [-0.3, -0.25) is 4.98 Å². The predicted molar refractivity (Wildman–Crippen MR) is 40.6 cm³/mol. The van der Waals surface area contributed by atoms with E-state index < -0.39 is 0 Å². The maximum atomic E-state index is 4.01. The van der Waals surface area contributed by atoms with Crippen LogP contribution in [0.5, 0.6) is 0 Å². The van der Waals surface area contributed by atoms with E-state index in [0.29, 0.717) is 0 Å². The van der Waals surface area contributed by atoms with Gasteiger partial charge in [-0.15, -0.1) is 0 Å². The zero-order chi connectivity index (χ0) is 6.53. The van der Waals surface area contributed by atoms with Crippen LogP contribution in [0.2, 0.25) is 0 Å². The number of nitrogens with zero attached hydrogens (tertiary/aromatic N) is 1. The number of hydrogen-bond acceptors (Lipinski definition) is 1. The van der Waals surface area contributed by atoms with Crippen LogP contribution in [0.1, 0.15) is 5.69 Å². The summed E-state index contributed by atoms with van der Waals surface area (Å²) in [5, 5.41) is 0.970. The number of alkyl halides is 1. The maximum absolute atomic E-state index is 4.01. The maximum Gasteiger partial charge on any atom is 0.0889 e. The van der Waals surface area contributed by atoms with Crippen molar-refractivity contribution in [2.45, 2.75) is 6.42 Å². The summed E-state index contributed by atoms with van der Waals surface area (Å²) < 4.78 is 0. The Morgan fingerprint density at radius 2 is 2.56 bits per heavy atom. The molecule has 0 aliphatic carbocycles. The molecule has 1 radical (unpaired) electrons. The van der Waals surface area contributed by atoms with E-state index in [4.69, 9.17) is 0 Å². The molecule has 0 saturated heterocycles. The van der Waals surface area contributed by atoms with E-state index in [9.17, 15) is 0 Å². The molecule has 2 heteroatoms. The Morgan fingerprint density at radius 1 is 1.67 bits per heavy atom. The minimum Gasteiger partial charge on any atom is -0.251 e. The Hall–Kier alpha value is -0.370. The third-order valence-electron chi connectivity index (χ3n) is 1.02. The van der Waals surface area contributed by atoms with Crippen LogP contribution in [-0.4, -0.2) is 10.3 Å². The summed E-state index contributed by atoms with van der Waals surface area (Å²) in [6.45, 7) is 0. The topological polar surface area (TPSA) is 12.9 Å². The zero-order valence-corrected chi connectivity index (χ0v) is 6.56. The molecule has 9 heavy (non-hydrogen) atoms. The van der Waals surface area contributed by atoms with E-state index in [1.807, 2.05) is 12.1 Å². The van der Waals surface area contributed by atoms with E-state index in [0.717, 1.165) is 17.4 Å². The lowest BCUT2D eigenvalue weighted by Gasteiger charge is -1.91. The highest BCUT2D eigenvalue weighted by atomic mass is 79.9. The third kappa shape index (κ3) is 2.14. The van der Waals surface area contributed by atoms with E-state index in [1.165, 1.54) is 0 Å². The van der Waals surface area contributed by atoms with Crippen molar-refractivity contribution >= 4 is 15.9 Å². The average molecular weight is 185 g/mol. The molecule has 0 saturated carbocycles. The quantitative estimate of drug-likeness (QED) is 0.640. The summed E-state index contributed by atoms with van der Waals surface area (Å²) in [5.41, 5.74) is 1.09. The number of halogens is 1. The zero-order valence-electron chi connectivity index (χ0n) is 4.97. The summed E-state index contributed by atoms with van der Waals surface area (Å²) in [6, 6.07) is 5.75. The molecule has 0 amide bonds. The van der Waals surface area contributed by atoms with Crippen molar-refractivity contribution in [2.24, 2.45) is 0 Å². The van der Waals surface area contributed by atoms with Gasteiger partial charge in [-0.2, -0.15) is 0 Å². The van der Waals surface area contributed by atoms with E-state index in [1.54, 1.807) is 6.07 Å². The molecule has 1 nitrogen and oxygen atoms in total. The lowest BCUT2D eigenvalue weighted by molar-refractivity contribution is 1.05. The Balaban J connectivity index is 2.61. The van der Waals surface area contributed by atoms with Gasteiger partial charge >= 0.3 is 0 Å². The van der Waals surface area contributed by atoms with Crippen LogP contribution in [0.25, 0.3) is 0 Å². The van der Waals surface area contributed by atoms with Gasteiger partial charge in [0.1, 0.15) is 0 Å². The molecule has 0 N–H and O–H groups in total. The standard InChI is InChI=1S/C7H7BrN/c8-5-4-7-3-1-2-6-9-7/h1-3H,4-5H2. The van der Waals surface area contributed by atoms with Crippen LogP contribution < -0.4 is 0 Å². The van der Waals surface area contributed by atoms with Gasteiger partial charge in [-0.25, -0.2) is 0 Å². The molecule has 0 aliphatic heterocycles. The van der Waals surface area contributed by atoms with Crippen molar-refractivity contribution in [3.63, 3.8) is 0 Å². The highest BCUT2D eigenvalue weighted by Crippen LogP contribution is 1.95. The van der Waals surface area contributed by atoms with E-state index in [2.05, 4.69) is 27.1 Å². The molecule has 47 valence electrons. The fourth-order valence-electron chi connectivity index (χ4n) is 0.596. The highest BCUT2D eigenvalue weighted by molar-refractivity contribution is 9.09. The van der Waals surface area contributed by atoms with Crippen molar-refractivity contribution in [2.75, 3.05) is 5.33 Å². The minimum atomic E-state index is 0.970. The Bertz CT molecular complexity index is 162. The second-order valence-electron chi connectivity index (χ2n) is 1.70. The lowest BCUT2D eigenvalue weighted by atomic mass is 10.3. The first kappa shape index (κ1) is 6.75. The molecule has 1 aromatic heterocycles. The van der Waals surface area contributed by atoms with Gasteiger partial charge in [0.05, 0.1) is 6.20 Å². The van der Waals surface area contributed by atoms with Crippen LogP contribution in [0.3, 0.4) is 0 Å². The molecular formula is C7H7BrN. The summed E-state index contributed by atoms with van der Waals surface area (Å²) in [7, 11) is 0. The van der Waals surface area contributed by atoms with Crippen molar-refractivity contribution in [1.29, 1.82) is 0 Å². The summed E-state index contributed by atoms with van der Waals surface area (Å²) in [4.78, 5) is 4.01. The second kappa shape index (κ2) is 3.62. The van der Waals surface area contributed by atoms with Gasteiger partial charge in [-0.1, -0.05) is 22.0 Å². The first-order valence-corrected chi connectivity index (χ1v) is 3.93. The first-order valence-electron chi connectivity index (χ1n) is 2.81. The molecule has 1 heterocycles. The first-order chi connectivity index (χ1) is 4.43. The highest BCUT2D eigenvalue weighted by Gasteiger charge is 1.87. The molecule has 1 aromatic rings. The fraction of sp³-hybridized carbons (Fsp3) is 0.286. The van der Waals surface area contributed by atoms with Crippen LogP contribution >= 0.6 is 15.9 Å². The molecule has 0 aliphatic rings. The third-order valence-corrected chi connectivity index (χ3v) is 1.41. The van der Waals surface area contributed by atoms with Gasteiger partial charge in [0, 0.05) is 11.0 Å². The number of hydrogen-bond donors (Lipinski definition) is 0. The monoisotopic (exact) mass is 184 g/mol. The molecule has 1 rings (SSSR count). The van der Waals surface area contributed by atoms with Crippen LogP contribution in [0, 0.1) is 6.20 Å². The molecule has 0 atom stereocenters. The largest absolute Gasteiger partial charge is 0.251 e. The average Bonchev–Trinajstić information content (AvgIpc) is 1.91. The molecule has 0 aromatic carbocycles. The van der Waals surface area contributed by atoms with Crippen LogP contribution in [0.15, 0.2) is 18.2 Å². The van der Waals surface area contributed by atoms with Gasteiger partial charge in [0.15, 0.2) is 0 Å². The van der Waals surface area contributed by atoms with Crippen LogP contribution in [-0.2, 0) is 6.42 Å². The van der Waals surface area contributed by atoms with Crippen molar-refractivity contribution in [3.05, 3.63) is 30.1 Å². The molecule has 0 spiro atoms. The SMILES string of the molecule is BrCCc1ccc[c]n1. The van der Waals surface area contributed by atoms with Crippen molar-refractivity contribution < 1.29 is 0 Å². The van der Waals surface area contributed by atoms with Crippen molar-refractivity contribution in [1.82, 2.24) is 4.98 Å². The fourth-order valence-corrected chi connectivity index (χ4v) is 1.00. The van der Waals surface area contributed by atoms with E-state index in [-0.39, 0.29) is 0 Å². The van der Waals surface area contributed by atoms with E-state index >= 15 is 0 Å². The lowest BCUT2D eigenvalue weighted by Crippen LogP contribution is -1.87. The molecule has 0 fully saturated rings. The minimum absolute atomic E-state index is 0.970. The van der Waals surface area contributed by atoms with Gasteiger partial charge in [0.25, 0.3) is 0 Å². The smallest absolute Gasteiger partial charge is 0.0889 e. The Kier molecular flexibility index (Phi) is 2.71. The summed E-state index contributed by atoms with van der Waals surface area (Å²) in [5.74, 6) is 0. The van der Waals surface area contributed by atoms with Crippen molar-refractivity contribution in [3.8, 4) is 0 Å². The Morgan fingerprint density at radius 3 is 3.11 bits per heavy atom. The van der Waals surface area contributed by atoms with Gasteiger partial charge in [0.2, 0.25) is 0 Å². The number of pyridine rings is 1. The number of aryl methyl sites for hydroxylation is 1. The van der Waals surface area contributed by atoms with Gasteiger partial charge < -0.3 is 0 Å². The predicted octanol–water partition coefficient (Wildman–Crippen LogP) is 1.82. The Labute approximate surface area is 63.2 Å². The van der Waals surface area contributed by atoms with Crippen LogP contribution in [0.4, 0.5) is 0 Å². The van der Waals surface area contributed by atoms with Gasteiger partial charge in [-0.05, 0) is 18.6 Å². The molecular weight excluding hydrogens is 178 g/mol.